The maximum atomic E-state index is 14.2. The normalized spacial score (nSPS) is 29.1. The van der Waals surface area contributed by atoms with E-state index in [1.54, 1.807) is 0 Å². The van der Waals surface area contributed by atoms with Gasteiger partial charge in [-0.15, -0.1) is 0 Å². The van der Waals surface area contributed by atoms with Crippen LogP contribution in [0.3, 0.4) is 0 Å². The van der Waals surface area contributed by atoms with Crippen molar-refractivity contribution < 1.29 is 28.6 Å². The molecule has 1 aromatic carbocycles. The number of carboxylic acids is 1. The van der Waals surface area contributed by atoms with Crippen molar-refractivity contribution in [3.05, 3.63) is 36.2 Å². The zero-order valence-corrected chi connectivity index (χ0v) is 13.7. The van der Waals surface area contributed by atoms with E-state index in [9.17, 15) is 23.9 Å². The Bertz CT molecular complexity index is 824. The number of nitrogens with one attached hydrogen (secondary N) is 1. The van der Waals surface area contributed by atoms with Crippen LogP contribution in [-0.4, -0.2) is 36.2 Å². The summed E-state index contributed by atoms with van der Waals surface area (Å²) in [6.45, 7) is 0.589. The van der Waals surface area contributed by atoms with Crippen molar-refractivity contribution in [2.24, 2.45) is 23.7 Å². The number of hydrogen-bond donors (Lipinski definition) is 2. The van der Waals surface area contributed by atoms with Crippen molar-refractivity contribution in [2.75, 3.05) is 23.4 Å². The summed E-state index contributed by atoms with van der Waals surface area (Å²) in [7, 11) is 0. The molecule has 2 fully saturated rings. The molecule has 1 aliphatic heterocycles. The number of allylic oxidation sites excluding steroid dienone is 2. The Morgan fingerprint density at radius 2 is 1.96 bits per heavy atom. The molecule has 1 aromatic rings. The van der Waals surface area contributed by atoms with Crippen LogP contribution in [0, 0.1) is 29.5 Å². The molecule has 0 unspecified atom stereocenters. The molecule has 1 saturated carbocycles. The largest absolute Gasteiger partial charge is 0.481 e. The van der Waals surface area contributed by atoms with Gasteiger partial charge in [0.05, 0.1) is 24.1 Å². The lowest BCUT2D eigenvalue weighted by molar-refractivity contribution is -0.146. The Morgan fingerprint density at radius 1 is 1.23 bits per heavy atom. The third kappa shape index (κ3) is 2.61. The molecule has 7 nitrogen and oxygen atoms in total. The maximum absolute atomic E-state index is 14.2. The number of ether oxygens (including phenoxy) is 1. The lowest BCUT2D eigenvalue weighted by Crippen LogP contribution is -2.36. The predicted molar refractivity (Wildman–Crippen MR) is 89.1 cm³/mol. The zero-order valence-electron chi connectivity index (χ0n) is 13.7. The highest BCUT2D eigenvalue weighted by molar-refractivity contribution is 5.97. The van der Waals surface area contributed by atoms with Gasteiger partial charge in [-0.05, 0) is 36.5 Å². The fourth-order valence-electron chi connectivity index (χ4n) is 4.14. The lowest BCUT2D eigenvalue weighted by Gasteiger charge is -2.24. The quantitative estimate of drug-likeness (QED) is 0.803. The van der Waals surface area contributed by atoms with E-state index in [-0.39, 0.29) is 24.1 Å². The van der Waals surface area contributed by atoms with Gasteiger partial charge in [0.15, 0.2) is 0 Å². The molecule has 4 rings (SSSR count). The average molecular weight is 360 g/mol. The molecule has 136 valence electrons. The second kappa shape index (κ2) is 6.12. The molecule has 3 aliphatic rings. The van der Waals surface area contributed by atoms with E-state index in [4.69, 9.17) is 4.74 Å². The molecular weight excluding hydrogens is 343 g/mol. The summed E-state index contributed by atoms with van der Waals surface area (Å²) in [5, 5.41) is 12.0. The SMILES string of the molecule is O=C(O)[C@@H]1[C@@H](C(=O)Nc2cc(N3CCOC3=O)ccc2F)[C@H]2C=C[C@H]1C2. The highest BCUT2D eigenvalue weighted by Crippen LogP contribution is 2.48. The highest BCUT2D eigenvalue weighted by Gasteiger charge is 2.51. The van der Waals surface area contributed by atoms with Crippen molar-refractivity contribution in [2.45, 2.75) is 6.42 Å². The molecule has 2 aliphatic carbocycles. The second-order valence-corrected chi connectivity index (χ2v) is 6.76. The number of halogens is 1. The summed E-state index contributed by atoms with van der Waals surface area (Å²) in [5.41, 5.74) is 0.329. The Kier molecular flexibility index (Phi) is 3.90. The predicted octanol–water partition coefficient (Wildman–Crippen LogP) is 2.24. The Balaban J connectivity index is 1.57. The van der Waals surface area contributed by atoms with Gasteiger partial charge < -0.3 is 15.2 Å². The molecule has 26 heavy (non-hydrogen) atoms. The van der Waals surface area contributed by atoms with E-state index < -0.39 is 35.6 Å². The number of anilines is 2. The monoisotopic (exact) mass is 360 g/mol. The number of aliphatic carboxylic acids is 1. The van der Waals surface area contributed by atoms with E-state index in [0.717, 1.165) is 6.07 Å². The Morgan fingerprint density at radius 3 is 2.62 bits per heavy atom. The first-order chi connectivity index (χ1) is 12.5. The maximum Gasteiger partial charge on any atom is 0.414 e. The molecule has 0 aromatic heterocycles. The van der Waals surface area contributed by atoms with Crippen LogP contribution in [0.15, 0.2) is 30.4 Å². The third-order valence-corrected chi connectivity index (χ3v) is 5.33. The third-order valence-electron chi connectivity index (χ3n) is 5.33. The van der Waals surface area contributed by atoms with Crippen molar-refractivity contribution >= 4 is 29.3 Å². The first kappa shape index (κ1) is 16.6. The van der Waals surface area contributed by atoms with E-state index >= 15 is 0 Å². The topological polar surface area (TPSA) is 95.9 Å². The van der Waals surface area contributed by atoms with Gasteiger partial charge in [0.1, 0.15) is 12.4 Å². The molecule has 1 heterocycles. The van der Waals surface area contributed by atoms with Gasteiger partial charge in [-0.1, -0.05) is 12.2 Å². The van der Waals surface area contributed by atoms with Gasteiger partial charge >= 0.3 is 12.1 Å². The van der Waals surface area contributed by atoms with Crippen LogP contribution in [0.2, 0.25) is 0 Å². The van der Waals surface area contributed by atoms with Crippen LogP contribution in [0.5, 0.6) is 0 Å². The number of amides is 2. The fourth-order valence-corrected chi connectivity index (χ4v) is 4.14. The summed E-state index contributed by atoms with van der Waals surface area (Å²) >= 11 is 0. The molecule has 8 heteroatoms. The molecule has 4 atom stereocenters. The van der Waals surface area contributed by atoms with Crippen LogP contribution >= 0.6 is 0 Å². The number of rotatable bonds is 4. The highest BCUT2D eigenvalue weighted by atomic mass is 19.1. The number of cyclic esters (lactones) is 1. The van der Waals surface area contributed by atoms with E-state index in [0.29, 0.717) is 18.7 Å². The minimum atomic E-state index is -1.02. The number of nitrogens with zero attached hydrogens (tertiary/aromatic N) is 1. The lowest BCUT2D eigenvalue weighted by atomic mass is 9.82. The zero-order chi connectivity index (χ0) is 18.4. The number of carbonyl (C=O) groups excluding carboxylic acids is 2. The summed E-state index contributed by atoms with van der Waals surface area (Å²) in [5.74, 6) is -4.04. The second-order valence-electron chi connectivity index (χ2n) is 6.76. The molecule has 2 N–H and O–H groups in total. The Hall–Kier alpha value is -2.90. The molecule has 1 saturated heterocycles. The van der Waals surface area contributed by atoms with Crippen LogP contribution in [0.25, 0.3) is 0 Å². The number of carboxylic acid groups (broad SMARTS) is 1. The Labute approximate surface area is 148 Å². The molecule has 2 bridgehead atoms. The fraction of sp³-hybridized carbons (Fsp3) is 0.389. The summed E-state index contributed by atoms with van der Waals surface area (Å²) < 4.78 is 19.0. The van der Waals surface area contributed by atoms with Crippen LogP contribution in [-0.2, 0) is 14.3 Å². The first-order valence-electron chi connectivity index (χ1n) is 8.41. The molecule has 2 amide bonds. The minimum Gasteiger partial charge on any atom is -0.481 e. The van der Waals surface area contributed by atoms with E-state index in [2.05, 4.69) is 5.32 Å². The molecular formula is C18H17FN2O5. The van der Waals surface area contributed by atoms with Crippen molar-refractivity contribution in [1.82, 2.24) is 0 Å². The summed E-state index contributed by atoms with van der Waals surface area (Å²) in [6, 6.07) is 3.95. The van der Waals surface area contributed by atoms with Gasteiger partial charge in [0, 0.05) is 5.69 Å². The minimum absolute atomic E-state index is 0.0805. The van der Waals surface area contributed by atoms with Gasteiger partial charge in [-0.25, -0.2) is 9.18 Å². The van der Waals surface area contributed by atoms with Crippen molar-refractivity contribution in [3.8, 4) is 0 Å². The number of benzene rings is 1. The van der Waals surface area contributed by atoms with Gasteiger partial charge in [0.2, 0.25) is 5.91 Å². The van der Waals surface area contributed by atoms with Crippen molar-refractivity contribution in [3.63, 3.8) is 0 Å². The number of fused-ring (bicyclic) bond motifs is 2. The summed E-state index contributed by atoms with van der Waals surface area (Å²) in [4.78, 5) is 37.2. The van der Waals surface area contributed by atoms with Gasteiger partial charge in [0.25, 0.3) is 0 Å². The smallest absolute Gasteiger partial charge is 0.414 e. The van der Waals surface area contributed by atoms with E-state index in [1.807, 2.05) is 12.2 Å². The molecule has 0 radical (unpaired) electrons. The van der Waals surface area contributed by atoms with Crippen LogP contribution < -0.4 is 10.2 Å². The average Bonchev–Trinajstić information content (AvgIpc) is 3.32. The number of hydrogen-bond acceptors (Lipinski definition) is 4. The van der Waals surface area contributed by atoms with Gasteiger partial charge in [-0.2, -0.15) is 0 Å². The van der Waals surface area contributed by atoms with Crippen LogP contribution in [0.4, 0.5) is 20.6 Å². The van der Waals surface area contributed by atoms with Crippen LogP contribution in [0.1, 0.15) is 6.42 Å². The van der Waals surface area contributed by atoms with Gasteiger partial charge in [-0.3, -0.25) is 14.5 Å². The summed E-state index contributed by atoms with van der Waals surface area (Å²) in [6.07, 6.45) is 3.80. The first-order valence-corrected chi connectivity index (χ1v) is 8.41. The van der Waals surface area contributed by atoms with E-state index in [1.165, 1.54) is 17.0 Å². The molecule has 0 spiro atoms. The number of carbonyl (C=O) groups is 3. The van der Waals surface area contributed by atoms with Crippen molar-refractivity contribution in [1.29, 1.82) is 0 Å². The standard InChI is InChI=1S/C18H17FN2O5/c19-12-4-3-11(21-5-6-26-18(21)25)8-13(12)20-16(22)14-9-1-2-10(7-9)15(14)17(23)24/h1-4,8-10,14-15H,5-7H2,(H,20,22)(H,23,24)/t9-,10-,14-,15-/m0/s1.